The van der Waals surface area contributed by atoms with Crippen LogP contribution in [0, 0.1) is 29.1 Å². The van der Waals surface area contributed by atoms with Crippen LogP contribution in [0.1, 0.15) is 24.0 Å². The summed E-state index contributed by atoms with van der Waals surface area (Å²) in [6.07, 6.45) is -5.87. The third-order valence-corrected chi connectivity index (χ3v) is 3.11. The van der Waals surface area contributed by atoms with Gasteiger partial charge in [0.15, 0.2) is 0 Å². The van der Waals surface area contributed by atoms with Gasteiger partial charge in [0.1, 0.15) is 5.41 Å². The number of alkyl halides is 6. The Morgan fingerprint density at radius 3 is 1.86 bits per heavy atom. The highest BCUT2D eigenvalue weighted by Crippen LogP contribution is 2.34. The fraction of sp³-hybridized carbons (Fsp3) is 0.400. The SMILES string of the molecule is C#CC(C#N)(CCC(F)(F)F)Cc1ccc(C(F)(F)F)cc1. The van der Waals surface area contributed by atoms with Crippen LogP contribution in [-0.2, 0) is 12.6 Å². The van der Waals surface area contributed by atoms with E-state index in [1.165, 1.54) is 0 Å². The number of halogens is 6. The molecular weight excluding hydrogens is 308 g/mol. The Hall–Kier alpha value is -2.15. The van der Waals surface area contributed by atoms with Crippen LogP contribution in [0.2, 0.25) is 0 Å². The van der Waals surface area contributed by atoms with Gasteiger partial charge < -0.3 is 0 Å². The van der Waals surface area contributed by atoms with Crippen LogP contribution >= 0.6 is 0 Å². The maximum absolute atomic E-state index is 12.4. The molecule has 7 heteroatoms. The average molecular weight is 319 g/mol. The van der Waals surface area contributed by atoms with Crippen molar-refractivity contribution in [3.05, 3.63) is 35.4 Å². The summed E-state index contributed by atoms with van der Waals surface area (Å²) >= 11 is 0. The summed E-state index contributed by atoms with van der Waals surface area (Å²) < 4.78 is 74.1. The van der Waals surface area contributed by atoms with Crippen molar-refractivity contribution in [1.82, 2.24) is 0 Å². The molecule has 0 aliphatic heterocycles. The molecule has 1 nitrogen and oxygen atoms in total. The Morgan fingerprint density at radius 2 is 1.50 bits per heavy atom. The molecule has 1 atom stereocenters. The Bertz CT molecular complexity index is 569. The van der Waals surface area contributed by atoms with Crippen LogP contribution in [0.25, 0.3) is 0 Å². The van der Waals surface area contributed by atoms with Crippen molar-refractivity contribution in [1.29, 1.82) is 5.26 Å². The van der Waals surface area contributed by atoms with E-state index in [2.05, 4.69) is 0 Å². The van der Waals surface area contributed by atoms with Crippen molar-refractivity contribution in [3.8, 4) is 18.4 Å². The minimum Gasteiger partial charge on any atom is -0.197 e. The van der Waals surface area contributed by atoms with Crippen molar-refractivity contribution in [2.75, 3.05) is 0 Å². The van der Waals surface area contributed by atoms with Gasteiger partial charge in [0, 0.05) is 12.8 Å². The standard InChI is InChI=1S/C15H11F6N/c1-2-13(10-22,7-8-14(16,17)18)9-11-3-5-12(6-4-11)15(19,20)21/h1,3-6H,7-9H2. The molecule has 118 valence electrons. The second-order valence-electron chi connectivity index (χ2n) is 4.82. The number of hydrogen-bond acceptors (Lipinski definition) is 1. The molecule has 0 aliphatic rings. The second-order valence-corrected chi connectivity index (χ2v) is 4.82. The first-order chi connectivity index (χ1) is 10.0. The minimum absolute atomic E-state index is 0.242. The summed E-state index contributed by atoms with van der Waals surface area (Å²) in [7, 11) is 0. The van der Waals surface area contributed by atoms with Gasteiger partial charge in [-0.2, -0.15) is 31.6 Å². The number of nitrogens with zero attached hydrogens (tertiary/aromatic N) is 1. The van der Waals surface area contributed by atoms with Gasteiger partial charge in [0.05, 0.1) is 11.6 Å². The molecular formula is C15H11F6N. The van der Waals surface area contributed by atoms with Crippen LogP contribution in [-0.4, -0.2) is 6.18 Å². The first kappa shape index (κ1) is 17.9. The molecule has 0 radical (unpaired) electrons. The molecule has 22 heavy (non-hydrogen) atoms. The lowest BCUT2D eigenvalue weighted by atomic mass is 9.79. The van der Waals surface area contributed by atoms with Crippen LogP contribution in [0.4, 0.5) is 26.3 Å². The second kappa shape index (κ2) is 6.31. The molecule has 0 N–H and O–H groups in total. The van der Waals surface area contributed by atoms with E-state index in [0.717, 1.165) is 24.3 Å². The number of terminal acetylenes is 1. The van der Waals surface area contributed by atoms with E-state index in [1.54, 1.807) is 6.07 Å². The number of hydrogen-bond donors (Lipinski definition) is 0. The molecule has 0 saturated carbocycles. The van der Waals surface area contributed by atoms with Crippen LogP contribution in [0.5, 0.6) is 0 Å². The fourth-order valence-electron chi connectivity index (χ4n) is 1.85. The zero-order chi connectivity index (χ0) is 17.0. The highest BCUT2D eigenvalue weighted by atomic mass is 19.4. The minimum atomic E-state index is -4.51. The summed E-state index contributed by atoms with van der Waals surface area (Å²) in [5.74, 6) is 2.05. The first-order valence-corrected chi connectivity index (χ1v) is 6.13. The van der Waals surface area contributed by atoms with Crippen LogP contribution < -0.4 is 0 Å². The van der Waals surface area contributed by atoms with E-state index in [1.807, 2.05) is 5.92 Å². The molecule has 0 amide bonds. The molecule has 1 rings (SSSR count). The Balaban J connectivity index is 2.93. The van der Waals surface area contributed by atoms with Gasteiger partial charge in [-0.25, -0.2) is 0 Å². The number of rotatable bonds is 4. The van der Waals surface area contributed by atoms with Gasteiger partial charge in [-0.3, -0.25) is 0 Å². The molecule has 0 aromatic heterocycles. The fourth-order valence-corrected chi connectivity index (χ4v) is 1.85. The van der Waals surface area contributed by atoms with E-state index in [9.17, 15) is 26.3 Å². The predicted octanol–water partition coefficient (Wildman–Crippen LogP) is 4.73. The summed E-state index contributed by atoms with van der Waals surface area (Å²) in [4.78, 5) is 0. The molecule has 1 unspecified atom stereocenters. The van der Waals surface area contributed by atoms with E-state index in [4.69, 9.17) is 11.7 Å². The summed E-state index contributed by atoms with van der Waals surface area (Å²) in [5.41, 5.74) is -2.31. The van der Waals surface area contributed by atoms with Crippen LogP contribution in [0.15, 0.2) is 24.3 Å². The first-order valence-electron chi connectivity index (χ1n) is 6.13. The zero-order valence-corrected chi connectivity index (χ0v) is 11.2. The molecule has 0 saturated heterocycles. The largest absolute Gasteiger partial charge is 0.416 e. The van der Waals surface area contributed by atoms with Crippen molar-refractivity contribution in [2.45, 2.75) is 31.6 Å². The third kappa shape index (κ3) is 5.00. The average Bonchev–Trinajstić information content (AvgIpc) is 2.42. The molecule has 1 aromatic rings. The predicted molar refractivity (Wildman–Crippen MR) is 67.3 cm³/mol. The Kier molecular flexibility index (Phi) is 5.13. The van der Waals surface area contributed by atoms with Gasteiger partial charge in [-0.05, 0) is 24.1 Å². The smallest absolute Gasteiger partial charge is 0.197 e. The molecule has 0 heterocycles. The van der Waals surface area contributed by atoms with Gasteiger partial charge in [0.2, 0.25) is 0 Å². The van der Waals surface area contributed by atoms with Crippen molar-refractivity contribution >= 4 is 0 Å². The molecule has 0 fully saturated rings. The van der Waals surface area contributed by atoms with E-state index in [-0.39, 0.29) is 12.0 Å². The Labute approximate surface area is 123 Å². The van der Waals surface area contributed by atoms with Crippen molar-refractivity contribution in [2.24, 2.45) is 5.41 Å². The molecule has 1 aromatic carbocycles. The lowest BCUT2D eigenvalue weighted by Gasteiger charge is -2.21. The molecule has 0 aliphatic carbocycles. The Morgan fingerprint density at radius 1 is 0.955 bits per heavy atom. The lowest BCUT2D eigenvalue weighted by Crippen LogP contribution is -2.23. The van der Waals surface area contributed by atoms with E-state index < -0.39 is 36.2 Å². The lowest BCUT2D eigenvalue weighted by molar-refractivity contribution is -0.138. The van der Waals surface area contributed by atoms with Crippen LogP contribution in [0.3, 0.4) is 0 Å². The number of nitriles is 1. The van der Waals surface area contributed by atoms with E-state index >= 15 is 0 Å². The van der Waals surface area contributed by atoms with Gasteiger partial charge >= 0.3 is 12.4 Å². The summed E-state index contributed by atoms with van der Waals surface area (Å²) in [6.45, 7) is 0. The molecule has 0 spiro atoms. The van der Waals surface area contributed by atoms with Crippen molar-refractivity contribution in [3.63, 3.8) is 0 Å². The van der Waals surface area contributed by atoms with Gasteiger partial charge in [-0.15, -0.1) is 6.42 Å². The van der Waals surface area contributed by atoms with E-state index in [0.29, 0.717) is 0 Å². The maximum Gasteiger partial charge on any atom is 0.416 e. The van der Waals surface area contributed by atoms with Gasteiger partial charge in [-0.1, -0.05) is 18.1 Å². The monoisotopic (exact) mass is 319 g/mol. The summed E-state index contributed by atoms with van der Waals surface area (Å²) in [6, 6.07) is 5.50. The molecule has 0 bridgehead atoms. The highest BCUT2D eigenvalue weighted by Gasteiger charge is 2.36. The maximum atomic E-state index is 12.4. The highest BCUT2D eigenvalue weighted by molar-refractivity contribution is 5.30. The summed E-state index contributed by atoms with van der Waals surface area (Å²) in [5, 5.41) is 9.08. The van der Waals surface area contributed by atoms with Gasteiger partial charge in [0.25, 0.3) is 0 Å². The quantitative estimate of drug-likeness (QED) is 0.581. The third-order valence-electron chi connectivity index (χ3n) is 3.11. The van der Waals surface area contributed by atoms with Crippen molar-refractivity contribution < 1.29 is 26.3 Å². The topological polar surface area (TPSA) is 23.8 Å². The normalized spacial score (nSPS) is 14.7. The zero-order valence-electron chi connectivity index (χ0n) is 11.2. The number of benzene rings is 1.